The molecule has 15 heavy (non-hydrogen) atoms. The monoisotopic (exact) mass is 225 g/mol. The summed E-state index contributed by atoms with van der Waals surface area (Å²) < 4.78 is 5.12. The van der Waals surface area contributed by atoms with Crippen LogP contribution in [0.25, 0.3) is 11.0 Å². The number of anilines is 1. The molecule has 0 radical (unpaired) electrons. The van der Waals surface area contributed by atoms with Crippen molar-refractivity contribution in [2.24, 2.45) is 5.73 Å². The van der Waals surface area contributed by atoms with Crippen molar-refractivity contribution >= 4 is 28.4 Å². The first-order chi connectivity index (χ1) is 7.18. The lowest BCUT2D eigenvalue weighted by Crippen LogP contribution is -2.25. The van der Waals surface area contributed by atoms with Crippen LogP contribution in [-0.4, -0.2) is 17.7 Å². The third-order valence-corrected chi connectivity index (χ3v) is 2.35. The van der Waals surface area contributed by atoms with Gasteiger partial charge in [0.1, 0.15) is 0 Å². The minimum Gasteiger partial charge on any atom is -0.365 e. The molecule has 0 aliphatic rings. The minimum absolute atomic E-state index is 0.0548. The number of benzene rings is 1. The number of hydrogen-bond acceptors (Lipinski definition) is 4. The first-order valence-corrected chi connectivity index (χ1v) is 5.09. The molecule has 1 aromatic heterocycles. The Morgan fingerprint density at radius 1 is 1.60 bits per heavy atom. The number of aromatic nitrogens is 1. The normalized spacial score (nSPS) is 13.0. The number of nitrogens with two attached hydrogens (primary N) is 1. The maximum absolute atomic E-state index is 6.05. The molecule has 1 heterocycles. The highest BCUT2D eigenvalue weighted by Crippen LogP contribution is 2.29. The van der Waals surface area contributed by atoms with E-state index in [2.05, 4.69) is 10.5 Å². The largest absolute Gasteiger partial charge is 0.365 e. The first-order valence-electron chi connectivity index (χ1n) is 4.72. The molecule has 0 amide bonds. The Morgan fingerprint density at radius 3 is 3.13 bits per heavy atom. The molecular formula is C10H12ClN3O. The van der Waals surface area contributed by atoms with Crippen molar-refractivity contribution in [1.29, 1.82) is 0 Å². The molecule has 1 unspecified atom stereocenters. The third kappa shape index (κ3) is 2.06. The third-order valence-electron chi connectivity index (χ3n) is 2.04. The van der Waals surface area contributed by atoms with Gasteiger partial charge in [-0.3, -0.25) is 0 Å². The number of fused-ring (bicyclic) bond motifs is 1. The van der Waals surface area contributed by atoms with E-state index in [1.165, 1.54) is 0 Å². The molecule has 1 aromatic carbocycles. The lowest BCUT2D eigenvalue weighted by molar-refractivity contribution is 0.459. The Kier molecular flexibility index (Phi) is 2.79. The standard InChI is InChI=1S/C10H12ClN3O/c1-6(12)5-13-10-9-7(11)3-2-4-8(9)15-14-10/h2-4,6H,5,12H2,1H3,(H,13,14). The summed E-state index contributed by atoms with van der Waals surface area (Å²) in [5.41, 5.74) is 6.31. The summed E-state index contributed by atoms with van der Waals surface area (Å²) in [5, 5.41) is 8.43. The zero-order valence-electron chi connectivity index (χ0n) is 8.33. The van der Waals surface area contributed by atoms with E-state index < -0.39 is 0 Å². The number of halogens is 1. The minimum atomic E-state index is 0.0548. The maximum Gasteiger partial charge on any atom is 0.178 e. The highest BCUT2D eigenvalue weighted by Gasteiger charge is 2.10. The maximum atomic E-state index is 6.05. The second-order valence-electron chi connectivity index (χ2n) is 3.50. The molecule has 0 saturated carbocycles. The highest BCUT2D eigenvalue weighted by atomic mass is 35.5. The van der Waals surface area contributed by atoms with Crippen molar-refractivity contribution in [3.63, 3.8) is 0 Å². The van der Waals surface area contributed by atoms with Gasteiger partial charge in [-0.05, 0) is 19.1 Å². The van der Waals surface area contributed by atoms with Crippen LogP contribution in [0.5, 0.6) is 0 Å². The van der Waals surface area contributed by atoms with Gasteiger partial charge in [0.2, 0.25) is 0 Å². The van der Waals surface area contributed by atoms with Crippen molar-refractivity contribution in [3.8, 4) is 0 Å². The molecule has 0 fully saturated rings. The molecule has 2 rings (SSSR count). The smallest absolute Gasteiger partial charge is 0.178 e. The van der Waals surface area contributed by atoms with Crippen LogP contribution in [0.3, 0.4) is 0 Å². The van der Waals surface area contributed by atoms with Crippen molar-refractivity contribution in [1.82, 2.24) is 5.16 Å². The van der Waals surface area contributed by atoms with Crippen LogP contribution in [0.1, 0.15) is 6.92 Å². The average Bonchev–Trinajstić information content (AvgIpc) is 2.59. The fraction of sp³-hybridized carbons (Fsp3) is 0.300. The number of nitrogens with one attached hydrogen (secondary N) is 1. The van der Waals surface area contributed by atoms with Crippen LogP contribution >= 0.6 is 11.6 Å². The molecule has 0 bridgehead atoms. The van der Waals surface area contributed by atoms with Crippen LogP contribution < -0.4 is 11.1 Å². The zero-order valence-corrected chi connectivity index (χ0v) is 9.08. The number of rotatable bonds is 3. The molecule has 2 aromatic rings. The first kappa shape index (κ1) is 10.3. The molecule has 80 valence electrons. The van der Waals surface area contributed by atoms with Crippen LogP contribution in [0, 0.1) is 0 Å². The molecule has 0 spiro atoms. The van der Waals surface area contributed by atoms with Gasteiger partial charge in [0.05, 0.1) is 10.4 Å². The summed E-state index contributed by atoms with van der Waals surface area (Å²) in [6, 6.07) is 5.51. The average molecular weight is 226 g/mol. The van der Waals surface area contributed by atoms with E-state index in [4.69, 9.17) is 21.9 Å². The molecule has 3 N–H and O–H groups in total. The van der Waals surface area contributed by atoms with Crippen molar-refractivity contribution in [2.75, 3.05) is 11.9 Å². The number of hydrogen-bond donors (Lipinski definition) is 2. The van der Waals surface area contributed by atoms with E-state index >= 15 is 0 Å². The van der Waals surface area contributed by atoms with Gasteiger partial charge in [-0.2, -0.15) is 0 Å². The van der Waals surface area contributed by atoms with E-state index in [0.717, 1.165) is 5.39 Å². The van der Waals surface area contributed by atoms with E-state index in [-0.39, 0.29) is 6.04 Å². The zero-order chi connectivity index (χ0) is 10.8. The van der Waals surface area contributed by atoms with Crippen LogP contribution in [0.15, 0.2) is 22.7 Å². The summed E-state index contributed by atoms with van der Waals surface area (Å²) in [6.45, 7) is 2.55. The second-order valence-corrected chi connectivity index (χ2v) is 3.91. The van der Waals surface area contributed by atoms with E-state index in [0.29, 0.717) is 23.0 Å². The quantitative estimate of drug-likeness (QED) is 0.841. The topological polar surface area (TPSA) is 64.1 Å². The summed E-state index contributed by atoms with van der Waals surface area (Å²) in [6.07, 6.45) is 0. The van der Waals surface area contributed by atoms with Gasteiger partial charge in [0.25, 0.3) is 0 Å². The van der Waals surface area contributed by atoms with Gasteiger partial charge in [-0.1, -0.05) is 22.8 Å². The SMILES string of the molecule is CC(N)CNc1noc2cccc(Cl)c12. The Balaban J connectivity index is 2.35. The predicted octanol–water partition coefficient (Wildman–Crippen LogP) is 2.24. The second kappa shape index (κ2) is 4.08. The van der Waals surface area contributed by atoms with Gasteiger partial charge in [0, 0.05) is 12.6 Å². The van der Waals surface area contributed by atoms with Crippen molar-refractivity contribution < 1.29 is 4.52 Å². The Labute approximate surface area is 92.4 Å². The molecule has 1 atom stereocenters. The van der Waals surface area contributed by atoms with Crippen molar-refractivity contribution in [2.45, 2.75) is 13.0 Å². The summed E-state index contributed by atoms with van der Waals surface area (Å²) in [7, 11) is 0. The molecular weight excluding hydrogens is 214 g/mol. The van der Waals surface area contributed by atoms with Crippen LogP contribution in [0.4, 0.5) is 5.82 Å². The molecule has 0 saturated heterocycles. The fourth-order valence-corrected chi connectivity index (χ4v) is 1.58. The molecule has 5 heteroatoms. The molecule has 0 aliphatic carbocycles. The van der Waals surface area contributed by atoms with Gasteiger partial charge >= 0.3 is 0 Å². The summed E-state index contributed by atoms with van der Waals surface area (Å²) >= 11 is 6.05. The van der Waals surface area contributed by atoms with Gasteiger partial charge in [-0.15, -0.1) is 0 Å². The fourth-order valence-electron chi connectivity index (χ4n) is 1.33. The van der Waals surface area contributed by atoms with E-state index in [1.54, 1.807) is 6.07 Å². The predicted molar refractivity (Wildman–Crippen MR) is 61.2 cm³/mol. The van der Waals surface area contributed by atoms with Gasteiger partial charge < -0.3 is 15.6 Å². The Bertz CT molecular complexity index is 467. The number of nitrogens with zero attached hydrogens (tertiary/aromatic N) is 1. The van der Waals surface area contributed by atoms with Gasteiger partial charge in [0.15, 0.2) is 11.4 Å². The highest BCUT2D eigenvalue weighted by molar-refractivity contribution is 6.36. The summed E-state index contributed by atoms with van der Waals surface area (Å²) in [5.74, 6) is 0.646. The molecule has 4 nitrogen and oxygen atoms in total. The lowest BCUT2D eigenvalue weighted by Gasteiger charge is -2.05. The van der Waals surface area contributed by atoms with Crippen LogP contribution in [-0.2, 0) is 0 Å². The van der Waals surface area contributed by atoms with Crippen LogP contribution in [0.2, 0.25) is 5.02 Å². The Morgan fingerprint density at radius 2 is 2.40 bits per heavy atom. The van der Waals surface area contributed by atoms with E-state index in [1.807, 2.05) is 19.1 Å². The lowest BCUT2D eigenvalue weighted by atomic mass is 10.2. The van der Waals surface area contributed by atoms with Gasteiger partial charge in [-0.25, -0.2) is 0 Å². The van der Waals surface area contributed by atoms with Crippen molar-refractivity contribution in [3.05, 3.63) is 23.2 Å². The Hall–Kier alpha value is -1.26. The molecule has 0 aliphatic heterocycles. The summed E-state index contributed by atoms with van der Waals surface area (Å²) in [4.78, 5) is 0. The van der Waals surface area contributed by atoms with E-state index in [9.17, 15) is 0 Å².